The van der Waals surface area contributed by atoms with Crippen LogP contribution in [-0.2, 0) is 11.3 Å². The highest BCUT2D eigenvalue weighted by atomic mass is 35.5. The van der Waals surface area contributed by atoms with E-state index >= 15 is 0 Å². The Bertz CT molecular complexity index is 1020. The van der Waals surface area contributed by atoms with Gasteiger partial charge in [-0.05, 0) is 42.2 Å². The molecule has 1 amide bonds. The van der Waals surface area contributed by atoms with E-state index in [1.807, 2.05) is 41.0 Å². The summed E-state index contributed by atoms with van der Waals surface area (Å²) >= 11 is 7.45. The summed E-state index contributed by atoms with van der Waals surface area (Å²) in [6.45, 7) is 8.72. The van der Waals surface area contributed by atoms with Crippen molar-refractivity contribution in [3.8, 4) is 11.4 Å². The molecule has 2 aromatic carbocycles. The maximum absolute atomic E-state index is 12.4. The van der Waals surface area contributed by atoms with Gasteiger partial charge in [-0.15, -0.1) is 16.8 Å². The Balaban J connectivity index is 1.66. The highest BCUT2D eigenvalue weighted by molar-refractivity contribution is 7.99. The number of allylic oxidation sites excluding steroid dienone is 1. The summed E-state index contributed by atoms with van der Waals surface area (Å²) < 4.78 is 1.93. The maximum Gasteiger partial charge on any atom is 0.234 e. The fourth-order valence-electron chi connectivity index (χ4n) is 2.99. The van der Waals surface area contributed by atoms with Crippen molar-refractivity contribution in [3.05, 3.63) is 71.8 Å². The van der Waals surface area contributed by atoms with Crippen molar-refractivity contribution >= 4 is 35.0 Å². The molecular weight excluding hydrogens is 416 g/mol. The van der Waals surface area contributed by atoms with Crippen LogP contribution in [0.2, 0.25) is 5.02 Å². The quantitative estimate of drug-likeness (QED) is 0.326. The molecule has 0 bridgehead atoms. The zero-order chi connectivity index (χ0) is 21.5. The Morgan fingerprint density at radius 1 is 1.27 bits per heavy atom. The van der Waals surface area contributed by atoms with Crippen LogP contribution in [0.1, 0.15) is 31.7 Å². The smallest absolute Gasteiger partial charge is 0.234 e. The minimum absolute atomic E-state index is 0.0891. The van der Waals surface area contributed by atoms with E-state index < -0.39 is 0 Å². The van der Waals surface area contributed by atoms with E-state index in [0.29, 0.717) is 28.5 Å². The zero-order valence-electron chi connectivity index (χ0n) is 17.1. The van der Waals surface area contributed by atoms with Crippen LogP contribution in [0.3, 0.4) is 0 Å². The number of carbonyl (C=O) groups excluding carboxylic acids is 1. The summed E-state index contributed by atoms with van der Waals surface area (Å²) in [5.41, 5.74) is 2.94. The number of rotatable bonds is 9. The Kier molecular flexibility index (Phi) is 7.71. The second-order valence-corrected chi connectivity index (χ2v) is 8.36. The molecule has 7 heteroatoms. The molecule has 0 radical (unpaired) electrons. The van der Waals surface area contributed by atoms with Gasteiger partial charge in [0.1, 0.15) is 0 Å². The predicted molar refractivity (Wildman–Crippen MR) is 125 cm³/mol. The molecule has 0 unspecified atom stereocenters. The second-order valence-electron chi connectivity index (χ2n) is 6.98. The van der Waals surface area contributed by atoms with Gasteiger partial charge in [0.05, 0.1) is 5.75 Å². The predicted octanol–water partition coefficient (Wildman–Crippen LogP) is 6.03. The SMILES string of the molecule is C=CCn1c(SCC(=O)Nc2ccc([C@H](C)CC)cc2)nnc1-c1cccc(Cl)c1. The summed E-state index contributed by atoms with van der Waals surface area (Å²) in [5.74, 6) is 1.35. The van der Waals surface area contributed by atoms with Crippen LogP contribution in [0.5, 0.6) is 0 Å². The molecule has 0 saturated heterocycles. The van der Waals surface area contributed by atoms with E-state index in [0.717, 1.165) is 17.7 Å². The van der Waals surface area contributed by atoms with Gasteiger partial charge in [0.25, 0.3) is 0 Å². The van der Waals surface area contributed by atoms with Gasteiger partial charge < -0.3 is 5.32 Å². The average molecular weight is 441 g/mol. The topological polar surface area (TPSA) is 59.8 Å². The van der Waals surface area contributed by atoms with E-state index in [9.17, 15) is 4.79 Å². The van der Waals surface area contributed by atoms with Gasteiger partial charge in [0.2, 0.25) is 5.91 Å². The van der Waals surface area contributed by atoms with Gasteiger partial charge in [-0.1, -0.05) is 67.6 Å². The third kappa shape index (κ3) is 5.52. The van der Waals surface area contributed by atoms with Gasteiger partial charge in [0.15, 0.2) is 11.0 Å². The Morgan fingerprint density at radius 2 is 2.03 bits per heavy atom. The molecule has 0 spiro atoms. The van der Waals surface area contributed by atoms with Crippen molar-refractivity contribution in [2.75, 3.05) is 11.1 Å². The lowest BCUT2D eigenvalue weighted by Gasteiger charge is -2.11. The number of amides is 1. The number of aromatic nitrogens is 3. The lowest BCUT2D eigenvalue weighted by molar-refractivity contribution is -0.113. The van der Waals surface area contributed by atoms with Crippen molar-refractivity contribution in [1.82, 2.24) is 14.8 Å². The molecular formula is C23H25ClN4OS. The summed E-state index contributed by atoms with van der Waals surface area (Å²) in [6, 6.07) is 15.5. The molecule has 0 fully saturated rings. The van der Waals surface area contributed by atoms with Gasteiger partial charge in [0, 0.05) is 22.8 Å². The van der Waals surface area contributed by atoms with Crippen LogP contribution in [0.15, 0.2) is 66.3 Å². The molecule has 1 N–H and O–H groups in total. The molecule has 5 nitrogen and oxygen atoms in total. The van der Waals surface area contributed by atoms with Crippen molar-refractivity contribution < 1.29 is 4.79 Å². The number of carbonyl (C=O) groups is 1. The minimum Gasteiger partial charge on any atom is -0.325 e. The number of hydrogen-bond acceptors (Lipinski definition) is 4. The molecule has 0 aliphatic rings. The molecule has 1 aromatic heterocycles. The first-order valence-corrected chi connectivity index (χ1v) is 11.2. The number of nitrogens with zero attached hydrogens (tertiary/aromatic N) is 3. The van der Waals surface area contributed by atoms with Crippen molar-refractivity contribution in [2.45, 2.75) is 37.9 Å². The van der Waals surface area contributed by atoms with E-state index in [1.165, 1.54) is 17.3 Å². The van der Waals surface area contributed by atoms with Gasteiger partial charge in [-0.2, -0.15) is 0 Å². The first-order chi connectivity index (χ1) is 14.5. The molecule has 0 saturated carbocycles. The van der Waals surface area contributed by atoms with Gasteiger partial charge in [-0.25, -0.2) is 0 Å². The Labute approximate surface area is 186 Å². The van der Waals surface area contributed by atoms with Crippen LogP contribution < -0.4 is 5.32 Å². The van der Waals surface area contributed by atoms with Crippen molar-refractivity contribution in [2.24, 2.45) is 0 Å². The van der Waals surface area contributed by atoms with Gasteiger partial charge in [-0.3, -0.25) is 9.36 Å². The van der Waals surface area contributed by atoms with Crippen molar-refractivity contribution in [1.29, 1.82) is 0 Å². The number of halogens is 1. The average Bonchev–Trinajstić information content (AvgIpc) is 3.15. The first-order valence-electron chi connectivity index (χ1n) is 9.84. The number of thioether (sulfide) groups is 1. The van der Waals surface area contributed by atoms with E-state index in [2.05, 4.69) is 48.1 Å². The van der Waals surface area contributed by atoms with E-state index in [-0.39, 0.29) is 11.7 Å². The molecule has 0 aliphatic heterocycles. The molecule has 3 rings (SSSR count). The van der Waals surface area contributed by atoms with Crippen molar-refractivity contribution in [3.63, 3.8) is 0 Å². The first kappa shape index (κ1) is 22.1. The summed E-state index contributed by atoms with van der Waals surface area (Å²) in [6.07, 6.45) is 2.87. The molecule has 3 aromatic rings. The highest BCUT2D eigenvalue weighted by Crippen LogP contribution is 2.26. The van der Waals surface area contributed by atoms with Crippen LogP contribution >= 0.6 is 23.4 Å². The number of benzene rings is 2. The fraction of sp³-hybridized carbons (Fsp3) is 0.261. The third-order valence-electron chi connectivity index (χ3n) is 4.82. The Morgan fingerprint density at radius 3 is 2.70 bits per heavy atom. The standard InChI is InChI=1S/C23H25ClN4OS/c1-4-13-28-22(18-7-6-8-19(24)14-18)26-27-23(28)30-15-21(29)25-20-11-9-17(10-12-20)16(3)5-2/h4,6-12,14,16H,1,5,13,15H2,2-3H3,(H,25,29)/t16-/m1/s1. The number of hydrogen-bond donors (Lipinski definition) is 1. The number of nitrogens with one attached hydrogen (secondary N) is 1. The zero-order valence-corrected chi connectivity index (χ0v) is 18.7. The molecule has 1 atom stereocenters. The maximum atomic E-state index is 12.4. The highest BCUT2D eigenvalue weighted by Gasteiger charge is 2.15. The molecule has 0 aliphatic carbocycles. The van der Waals surface area contributed by atoms with Crippen LogP contribution in [0, 0.1) is 0 Å². The lowest BCUT2D eigenvalue weighted by Crippen LogP contribution is -2.14. The molecule has 156 valence electrons. The molecule has 1 heterocycles. The number of anilines is 1. The lowest BCUT2D eigenvalue weighted by atomic mass is 9.99. The molecule has 30 heavy (non-hydrogen) atoms. The summed E-state index contributed by atoms with van der Waals surface area (Å²) in [4.78, 5) is 12.4. The van der Waals surface area contributed by atoms with E-state index in [1.54, 1.807) is 6.08 Å². The van der Waals surface area contributed by atoms with E-state index in [4.69, 9.17) is 11.6 Å². The normalized spacial score (nSPS) is 11.8. The summed E-state index contributed by atoms with van der Waals surface area (Å²) in [5, 5.41) is 12.8. The van der Waals surface area contributed by atoms with Crippen LogP contribution in [0.25, 0.3) is 11.4 Å². The van der Waals surface area contributed by atoms with Crippen LogP contribution in [-0.4, -0.2) is 26.4 Å². The third-order valence-corrected chi connectivity index (χ3v) is 6.02. The van der Waals surface area contributed by atoms with Crippen LogP contribution in [0.4, 0.5) is 5.69 Å². The minimum atomic E-state index is -0.0891. The summed E-state index contributed by atoms with van der Waals surface area (Å²) in [7, 11) is 0. The fourth-order valence-corrected chi connectivity index (χ4v) is 3.93. The van der Waals surface area contributed by atoms with Gasteiger partial charge >= 0.3 is 0 Å². The monoisotopic (exact) mass is 440 g/mol. The second kappa shape index (κ2) is 10.5. The largest absolute Gasteiger partial charge is 0.325 e. The Hall–Kier alpha value is -2.57.